The second-order valence-corrected chi connectivity index (χ2v) is 7.50. The van der Waals surface area contributed by atoms with E-state index >= 15 is 0 Å². The Morgan fingerprint density at radius 2 is 2.24 bits per heavy atom. The van der Waals surface area contributed by atoms with Gasteiger partial charge in [0.1, 0.15) is 6.04 Å². The SMILES string of the molecule is Cc1nc(CNC(=O)N[C@H]2CCCN(c3ccn(C)n3)C2=O)c(C)s1. The molecule has 2 N–H and O–H groups in total. The zero-order valence-electron chi connectivity index (χ0n) is 14.6. The third-order valence-electron chi connectivity index (χ3n) is 4.14. The maximum atomic E-state index is 12.6. The Labute approximate surface area is 150 Å². The highest BCUT2D eigenvalue weighted by molar-refractivity contribution is 7.11. The zero-order chi connectivity index (χ0) is 18.0. The minimum Gasteiger partial charge on any atom is -0.332 e. The molecule has 0 spiro atoms. The van der Waals surface area contributed by atoms with E-state index in [1.165, 1.54) is 0 Å². The predicted octanol–water partition coefficient (Wildman–Crippen LogP) is 1.49. The van der Waals surface area contributed by atoms with Gasteiger partial charge in [0, 0.05) is 30.7 Å². The van der Waals surface area contributed by atoms with Gasteiger partial charge in [-0.25, -0.2) is 9.78 Å². The number of nitrogens with zero attached hydrogens (tertiary/aromatic N) is 4. The summed E-state index contributed by atoms with van der Waals surface area (Å²) in [5, 5.41) is 10.8. The van der Waals surface area contributed by atoms with E-state index in [1.54, 1.807) is 33.2 Å². The Morgan fingerprint density at radius 3 is 2.88 bits per heavy atom. The number of urea groups is 1. The first-order chi connectivity index (χ1) is 11.9. The maximum Gasteiger partial charge on any atom is 0.315 e. The van der Waals surface area contributed by atoms with Crippen LogP contribution in [0.4, 0.5) is 10.6 Å². The molecule has 1 atom stereocenters. The number of rotatable bonds is 4. The summed E-state index contributed by atoms with van der Waals surface area (Å²) >= 11 is 1.60. The molecule has 3 rings (SSSR count). The molecule has 1 saturated heterocycles. The van der Waals surface area contributed by atoms with Crippen LogP contribution in [0.5, 0.6) is 0 Å². The number of thiazole rings is 1. The minimum absolute atomic E-state index is 0.124. The molecule has 2 aromatic rings. The summed E-state index contributed by atoms with van der Waals surface area (Å²) in [6, 6.07) is 0.911. The summed E-state index contributed by atoms with van der Waals surface area (Å²) in [5.41, 5.74) is 0.864. The molecular weight excluding hydrogens is 340 g/mol. The number of hydrogen-bond donors (Lipinski definition) is 2. The summed E-state index contributed by atoms with van der Waals surface area (Å²) in [4.78, 5) is 31.9. The molecule has 0 aromatic carbocycles. The van der Waals surface area contributed by atoms with E-state index in [9.17, 15) is 9.59 Å². The molecule has 3 amide bonds. The highest BCUT2D eigenvalue weighted by Crippen LogP contribution is 2.19. The standard InChI is InChI=1S/C16H22N6O2S/c1-10-13(18-11(2)25-10)9-17-16(24)19-12-5-4-7-22(15(12)23)14-6-8-21(3)20-14/h6,8,12H,4-5,7,9H2,1-3H3,(H2,17,19,24)/t12-/m0/s1. The van der Waals surface area contributed by atoms with Gasteiger partial charge in [-0.15, -0.1) is 11.3 Å². The fraction of sp³-hybridized carbons (Fsp3) is 0.500. The summed E-state index contributed by atoms with van der Waals surface area (Å²) in [6.07, 6.45) is 3.24. The van der Waals surface area contributed by atoms with Crippen molar-refractivity contribution in [3.05, 3.63) is 27.8 Å². The van der Waals surface area contributed by atoms with Gasteiger partial charge < -0.3 is 10.6 Å². The average molecular weight is 362 g/mol. The van der Waals surface area contributed by atoms with E-state index in [2.05, 4.69) is 20.7 Å². The Kier molecular flexibility index (Phi) is 5.03. The molecule has 1 aliphatic heterocycles. The Bertz CT molecular complexity index is 783. The maximum absolute atomic E-state index is 12.6. The molecule has 1 fully saturated rings. The molecule has 1 aliphatic rings. The van der Waals surface area contributed by atoms with Crippen molar-refractivity contribution >= 4 is 29.1 Å². The molecule has 0 bridgehead atoms. The van der Waals surface area contributed by atoms with Crippen molar-refractivity contribution in [3.8, 4) is 0 Å². The lowest BCUT2D eigenvalue weighted by Gasteiger charge is -2.31. The molecule has 25 heavy (non-hydrogen) atoms. The van der Waals surface area contributed by atoms with Gasteiger partial charge in [0.2, 0.25) is 0 Å². The number of aryl methyl sites for hydroxylation is 3. The average Bonchev–Trinajstić information content (AvgIpc) is 3.12. The molecule has 8 nitrogen and oxygen atoms in total. The summed E-state index contributed by atoms with van der Waals surface area (Å²) in [6.45, 7) is 4.89. The number of piperidine rings is 1. The first-order valence-electron chi connectivity index (χ1n) is 8.22. The van der Waals surface area contributed by atoms with Crippen LogP contribution < -0.4 is 15.5 Å². The van der Waals surface area contributed by atoms with E-state index in [0.717, 1.165) is 22.0 Å². The number of anilines is 1. The minimum atomic E-state index is -0.533. The van der Waals surface area contributed by atoms with Crippen LogP contribution in [0.3, 0.4) is 0 Å². The number of nitrogens with one attached hydrogen (secondary N) is 2. The highest BCUT2D eigenvalue weighted by Gasteiger charge is 2.31. The topological polar surface area (TPSA) is 92.2 Å². The first-order valence-corrected chi connectivity index (χ1v) is 9.04. The smallest absolute Gasteiger partial charge is 0.315 e. The van der Waals surface area contributed by atoms with Gasteiger partial charge in [-0.05, 0) is 26.7 Å². The quantitative estimate of drug-likeness (QED) is 0.862. The zero-order valence-corrected chi connectivity index (χ0v) is 15.4. The normalized spacial score (nSPS) is 17.6. The largest absolute Gasteiger partial charge is 0.332 e. The molecule has 0 radical (unpaired) electrons. The molecule has 2 aromatic heterocycles. The molecule has 3 heterocycles. The van der Waals surface area contributed by atoms with Crippen LogP contribution in [0.1, 0.15) is 28.4 Å². The molecular formula is C16H22N6O2S. The van der Waals surface area contributed by atoms with Crippen LogP contribution in [0.25, 0.3) is 0 Å². The summed E-state index contributed by atoms with van der Waals surface area (Å²) in [7, 11) is 1.81. The van der Waals surface area contributed by atoms with Crippen molar-refractivity contribution in [2.75, 3.05) is 11.4 Å². The van der Waals surface area contributed by atoms with Crippen molar-refractivity contribution in [1.82, 2.24) is 25.4 Å². The lowest BCUT2D eigenvalue weighted by Crippen LogP contribution is -2.54. The van der Waals surface area contributed by atoms with Gasteiger partial charge in [-0.2, -0.15) is 5.10 Å². The van der Waals surface area contributed by atoms with Crippen LogP contribution in [0, 0.1) is 13.8 Å². The van der Waals surface area contributed by atoms with Crippen molar-refractivity contribution in [3.63, 3.8) is 0 Å². The van der Waals surface area contributed by atoms with Gasteiger partial charge in [0.05, 0.1) is 17.2 Å². The summed E-state index contributed by atoms with van der Waals surface area (Å²) < 4.78 is 1.66. The van der Waals surface area contributed by atoms with Crippen LogP contribution >= 0.6 is 11.3 Å². The van der Waals surface area contributed by atoms with E-state index in [-0.39, 0.29) is 11.9 Å². The number of carbonyl (C=O) groups is 2. The fourth-order valence-electron chi connectivity index (χ4n) is 2.89. The molecule has 0 unspecified atom stereocenters. The fourth-order valence-corrected chi connectivity index (χ4v) is 3.73. The van der Waals surface area contributed by atoms with Crippen LogP contribution in [0.2, 0.25) is 0 Å². The van der Waals surface area contributed by atoms with Gasteiger partial charge in [-0.3, -0.25) is 14.4 Å². The van der Waals surface area contributed by atoms with Gasteiger partial charge in [0.25, 0.3) is 5.91 Å². The lowest BCUT2D eigenvalue weighted by molar-refractivity contribution is -0.121. The van der Waals surface area contributed by atoms with Gasteiger partial charge in [-0.1, -0.05) is 0 Å². The predicted molar refractivity (Wildman–Crippen MR) is 95.5 cm³/mol. The molecule has 9 heteroatoms. The van der Waals surface area contributed by atoms with Crippen molar-refractivity contribution in [2.45, 2.75) is 39.3 Å². The van der Waals surface area contributed by atoms with Crippen molar-refractivity contribution in [2.24, 2.45) is 7.05 Å². The lowest BCUT2D eigenvalue weighted by atomic mass is 10.1. The van der Waals surface area contributed by atoms with E-state index in [4.69, 9.17) is 0 Å². The first kappa shape index (κ1) is 17.4. The van der Waals surface area contributed by atoms with Crippen LogP contribution in [-0.4, -0.2) is 39.3 Å². The molecule has 0 saturated carbocycles. The third-order valence-corrected chi connectivity index (χ3v) is 5.06. The Hall–Kier alpha value is -2.42. The molecule has 134 valence electrons. The Balaban J connectivity index is 1.57. The monoisotopic (exact) mass is 362 g/mol. The van der Waals surface area contributed by atoms with Crippen LogP contribution in [0.15, 0.2) is 12.3 Å². The van der Waals surface area contributed by atoms with Crippen molar-refractivity contribution < 1.29 is 9.59 Å². The van der Waals surface area contributed by atoms with Gasteiger partial charge in [0.15, 0.2) is 5.82 Å². The van der Waals surface area contributed by atoms with Gasteiger partial charge >= 0.3 is 6.03 Å². The van der Waals surface area contributed by atoms with Crippen molar-refractivity contribution in [1.29, 1.82) is 0 Å². The highest BCUT2D eigenvalue weighted by atomic mass is 32.1. The third kappa shape index (κ3) is 3.98. The second-order valence-electron chi connectivity index (χ2n) is 6.10. The van der Waals surface area contributed by atoms with E-state index in [0.29, 0.717) is 25.3 Å². The Morgan fingerprint density at radius 1 is 1.44 bits per heavy atom. The number of hydrogen-bond acceptors (Lipinski definition) is 5. The van der Waals surface area contributed by atoms with Crippen LogP contribution in [-0.2, 0) is 18.4 Å². The number of amides is 3. The van der Waals surface area contributed by atoms with E-state index in [1.807, 2.05) is 20.9 Å². The number of aromatic nitrogens is 3. The second kappa shape index (κ2) is 7.22. The number of carbonyl (C=O) groups excluding carboxylic acids is 2. The molecule has 0 aliphatic carbocycles. The summed E-state index contributed by atoms with van der Waals surface area (Å²) in [5.74, 6) is 0.494. The van der Waals surface area contributed by atoms with E-state index < -0.39 is 6.04 Å².